The van der Waals surface area contributed by atoms with Gasteiger partial charge < -0.3 is 0 Å². The van der Waals surface area contributed by atoms with Crippen molar-refractivity contribution < 1.29 is 0 Å². The van der Waals surface area contributed by atoms with E-state index in [4.69, 9.17) is 4.98 Å². The number of fused-ring (bicyclic) bond motifs is 1. The van der Waals surface area contributed by atoms with Crippen LogP contribution in [0.5, 0.6) is 0 Å². The van der Waals surface area contributed by atoms with E-state index < -0.39 is 0 Å². The number of hydrogen-bond donors (Lipinski definition) is 0. The molecule has 0 aliphatic carbocycles. The number of nitrogens with zero attached hydrogens (tertiary/aromatic N) is 2. The van der Waals surface area contributed by atoms with Gasteiger partial charge in [0.05, 0.1) is 10.9 Å². The third kappa shape index (κ3) is 3.42. The minimum atomic E-state index is -0.0534. The molecule has 0 saturated heterocycles. The molecule has 0 saturated carbocycles. The van der Waals surface area contributed by atoms with Crippen molar-refractivity contribution in [3.05, 3.63) is 113 Å². The van der Waals surface area contributed by atoms with Gasteiger partial charge in [-0.25, -0.2) is 4.98 Å². The lowest BCUT2D eigenvalue weighted by Gasteiger charge is -2.14. The van der Waals surface area contributed by atoms with Gasteiger partial charge in [-0.1, -0.05) is 85.0 Å². The average Bonchev–Trinajstić information content (AvgIpc) is 2.75. The molecule has 1 heterocycles. The standard InChI is InChI=1S/C25H20N2O/c1-2-18-27-24(26-23-15-9-8-14-22(23)25(27)28)21-13-7-6-12-20(21)17-16-19-10-4-3-5-11-19/h2-17H,1,18H2/b17-16+. The van der Waals surface area contributed by atoms with E-state index in [9.17, 15) is 4.79 Å². The van der Waals surface area contributed by atoms with Gasteiger partial charge in [-0.05, 0) is 23.3 Å². The fraction of sp³-hybridized carbons (Fsp3) is 0.0400. The van der Waals surface area contributed by atoms with E-state index in [0.717, 1.165) is 16.7 Å². The number of benzene rings is 3. The lowest BCUT2D eigenvalue weighted by atomic mass is 10.0. The van der Waals surface area contributed by atoms with Crippen molar-refractivity contribution in [3.8, 4) is 11.4 Å². The Labute approximate surface area is 163 Å². The molecule has 1 aromatic heterocycles. The summed E-state index contributed by atoms with van der Waals surface area (Å²) >= 11 is 0. The van der Waals surface area contributed by atoms with E-state index in [-0.39, 0.29) is 5.56 Å². The molecule has 0 atom stereocenters. The molecule has 3 heteroatoms. The van der Waals surface area contributed by atoms with Gasteiger partial charge in [-0.15, -0.1) is 6.58 Å². The zero-order valence-electron chi connectivity index (χ0n) is 15.5. The Bertz CT molecular complexity index is 1220. The number of aromatic nitrogens is 2. The van der Waals surface area contributed by atoms with E-state index in [1.54, 1.807) is 10.6 Å². The van der Waals surface area contributed by atoms with E-state index in [1.807, 2.05) is 66.7 Å². The van der Waals surface area contributed by atoms with Gasteiger partial charge in [0.25, 0.3) is 5.56 Å². The van der Waals surface area contributed by atoms with Crippen LogP contribution < -0.4 is 5.56 Å². The van der Waals surface area contributed by atoms with Crippen molar-refractivity contribution in [2.75, 3.05) is 0 Å². The van der Waals surface area contributed by atoms with Crippen LogP contribution in [0.4, 0.5) is 0 Å². The molecule has 0 unspecified atom stereocenters. The molecular formula is C25H20N2O. The quantitative estimate of drug-likeness (QED) is 0.350. The van der Waals surface area contributed by atoms with Crippen LogP contribution in [0.2, 0.25) is 0 Å². The van der Waals surface area contributed by atoms with E-state index in [2.05, 4.69) is 30.9 Å². The predicted octanol–water partition coefficient (Wildman–Crippen LogP) is 5.42. The van der Waals surface area contributed by atoms with Gasteiger partial charge >= 0.3 is 0 Å². The van der Waals surface area contributed by atoms with Gasteiger partial charge in [0, 0.05) is 12.1 Å². The Morgan fingerprint density at radius 3 is 2.39 bits per heavy atom. The average molecular weight is 364 g/mol. The van der Waals surface area contributed by atoms with Gasteiger partial charge in [0.1, 0.15) is 5.82 Å². The number of allylic oxidation sites excluding steroid dienone is 1. The highest BCUT2D eigenvalue weighted by Crippen LogP contribution is 2.25. The minimum Gasteiger partial charge on any atom is -0.288 e. The van der Waals surface area contributed by atoms with Crippen LogP contribution in [0.15, 0.2) is 96.3 Å². The highest BCUT2D eigenvalue weighted by molar-refractivity contribution is 5.83. The molecule has 0 aliphatic heterocycles. The first-order chi connectivity index (χ1) is 13.8. The third-order valence-electron chi connectivity index (χ3n) is 4.63. The van der Waals surface area contributed by atoms with Crippen LogP contribution in [0, 0.1) is 0 Å². The summed E-state index contributed by atoms with van der Waals surface area (Å²) in [5.74, 6) is 0.650. The molecule has 0 fully saturated rings. The largest absolute Gasteiger partial charge is 0.288 e. The van der Waals surface area contributed by atoms with Crippen LogP contribution >= 0.6 is 0 Å². The SMILES string of the molecule is C=CCn1c(-c2ccccc2/C=C/c2ccccc2)nc2ccccc2c1=O. The molecule has 0 aliphatic rings. The van der Waals surface area contributed by atoms with Crippen molar-refractivity contribution >= 4 is 23.1 Å². The second kappa shape index (κ2) is 7.89. The first-order valence-corrected chi connectivity index (χ1v) is 9.21. The lowest BCUT2D eigenvalue weighted by Crippen LogP contribution is -2.23. The summed E-state index contributed by atoms with van der Waals surface area (Å²) in [7, 11) is 0. The number of para-hydroxylation sites is 1. The zero-order valence-corrected chi connectivity index (χ0v) is 15.5. The third-order valence-corrected chi connectivity index (χ3v) is 4.63. The normalized spacial score (nSPS) is 11.1. The highest BCUT2D eigenvalue weighted by atomic mass is 16.1. The van der Waals surface area contributed by atoms with Crippen LogP contribution in [0.25, 0.3) is 34.4 Å². The van der Waals surface area contributed by atoms with Crippen molar-refractivity contribution in [1.82, 2.24) is 9.55 Å². The maximum Gasteiger partial charge on any atom is 0.261 e. The summed E-state index contributed by atoms with van der Waals surface area (Å²) in [5, 5.41) is 0.616. The number of rotatable bonds is 5. The van der Waals surface area contributed by atoms with Crippen molar-refractivity contribution in [3.63, 3.8) is 0 Å². The molecule has 4 rings (SSSR count). The Morgan fingerprint density at radius 1 is 0.857 bits per heavy atom. The second-order valence-electron chi connectivity index (χ2n) is 6.49. The van der Waals surface area contributed by atoms with Crippen LogP contribution in [-0.2, 0) is 6.54 Å². The smallest absolute Gasteiger partial charge is 0.261 e. The van der Waals surface area contributed by atoms with Crippen molar-refractivity contribution in [1.29, 1.82) is 0 Å². The Balaban J connectivity index is 1.91. The number of hydrogen-bond acceptors (Lipinski definition) is 2. The fourth-order valence-electron chi connectivity index (χ4n) is 3.27. The lowest BCUT2D eigenvalue weighted by molar-refractivity contribution is 0.779. The van der Waals surface area contributed by atoms with Gasteiger partial charge in [0.2, 0.25) is 0 Å². The Hall–Kier alpha value is -3.72. The summed E-state index contributed by atoms with van der Waals surface area (Å²) in [6.07, 6.45) is 5.85. The summed E-state index contributed by atoms with van der Waals surface area (Å²) in [4.78, 5) is 17.9. The van der Waals surface area contributed by atoms with Crippen molar-refractivity contribution in [2.24, 2.45) is 0 Å². The van der Waals surface area contributed by atoms with Crippen LogP contribution in [0.1, 0.15) is 11.1 Å². The van der Waals surface area contributed by atoms with E-state index in [0.29, 0.717) is 23.3 Å². The second-order valence-corrected chi connectivity index (χ2v) is 6.49. The van der Waals surface area contributed by atoms with Crippen molar-refractivity contribution in [2.45, 2.75) is 6.54 Å². The maximum absolute atomic E-state index is 13.1. The molecule has 0 bridgehead atoms. The topological polar surface area (TPSA) is 34.9 Å². The molecule has 0 N–H and O–H groups in total. The molecule has 4 aromatic rings. The minimum absolute atomic E-state index is 0.0534. The molecule has 136 valence electrons. The summed E-state index contributed by atoms with van der Waals surface area (Å²) < 4.78 is 1.69. The summed E-state index contributed by atoms with van der Waals surface area (Å²) in [6.45, 7) is 4.21. The molecular weight excluding hydrogens is 344 g/mol. The molecule has 0 amide bonds. The Morgan fingerprint density at radius 2 is 1.57 bits per heavy atom. The predicted molar refractivity (Wildman–Crippen MR) is 117 cm³/mol. The molecule has 0 spiro atoms. The van der Waals surface area contributed by atoms with Crippen LogP contribution in [0.3, 0.4) is 0 Å². The summed E-state index contributed by atoms with van der Waals surface area (Å²) in [5.41, 5.74) is 3.69. The molecule has 3 aromatic carbocycles. The molecule has 3 nitrogen and oxygen atoms in total. The monoisotopic (exact) mass is 364 g/mol. The van der Waals surface area contributed by atoms with Gasteiger partial charge in [0.15, 0.2) is 0 Å². The summed E-state index contributed by atoms with van der Waals surface area (Å²) in [6, 6.07) is 25.6. The maximum atomic E-state index is 13.1. The highest BCUT2D eigenvalue weighted by Gasteiger charge is 2.13. The first-order valence-electron chi connectivity index (χ1n) is 9.21. The Kier molecular flexibility index (Phi) is 4.98. The van der Waals surface area contributed by atoms with E-state index in [1.165, 1.54) is 0 Å². The zero-order chi connectivity index (χ0) is 19.3. The van der Waals surface area contributed by atoms with E-state index >= 15 is 0 Å². The van der Waals surface area contributed by atoms with Gasteiger partial charge in [-0.3, -0.25) is 9.36 Å². The van der Waals surface area contributed by atoms with Crippen LogP contribution in [-0.4, -0.2) is 9.55 Å². The molecule has 28 heavy (non-hydrogen) atoms. The molecule has 0 radical (unpaired) electrons. The fourth-order valence-corrected chi connectivity index (χ4v) is 3.27. The van der Waals surface area contributed by atoms with Gasteiger partial charge in [-0.2, -0.15) is 0 Å². The first kappa shape index (κ1) is 17.7.